The van der Waals surface area contributed by atoms with Crippen molar-refractivity contribution in [1.82, 2.24) is 4.98 Å². The highest BCUT2D eigenvalue weighted by Gasteiger charge is 2.35. The molecule has 1 aromatic heterocycles. The van der Waals surface area contributed by atoms with Gasteiger partial charge in [-0.2, -0.15) is 0 Å². The monoisotopic (exact) mass is 426 g/mol. The number of alkyl halides is 4. The molecule has 10 heteroatoms. The number of halogens is 5. The van der Waals surface area contributed by atoms with Crippen LogP contribution < -0.4 is 4.74 Å². The summed E-state index contributed by atoms with van der Waals surface area (Å²) in [4.78, 5) is 13.2. The molecule has 0 N–H and O–H groups in total. The molecule has 0 aliphatic heterocycles. The van der Waals surface area contributed by atoms with E-state index in [9.17, 15) is 23.3 Å². The maximum Gasteiger partial charge on any atom is 0.573 e. The lowest BCUT2D eigenvalue weighted by molar-refractivity contribution is -0.389. The molecule has 0 aromatic carbocycles. The van der Waals surface area contributed by atoms with Crippen LogP contribution in [0.4, 0.5) is 19.0 Å². The van der Waals surface area contributed by atoms with Gasteiger partial charge >= 0.3 is 12.2 Å². The predicted octanol–water partition coefficient (Wildman–Crippen LogP) is 3.39. The van der Waals surface area contributed by atoms with Crippen molar-refractivity contribution in [3.05, 3.63) is 25.4 Å². The molecule has 0 aliphatic carbocycles. The van der Waals surface area contributed by atoms with Gasteiger partial charge in [0.05, 0.1) is 15.0 Å². The van der Waals surface area contributed by atoms with Gasteiger partial charge in [-0.25, -0.2) is 0 Å². The first kappa shape index (κ1) is 14.4. The molecule has 0 amide bonds. The molecule has 5 nitrogen and oxygen atoms in total. The van der Waals surface area contributed by atoms with E-state index >= 15 is 0 Å². The molecule has 0 unspecified atom stereocenters. The van der Waals surface area contributed by atoms with Gasteiger partial charge in [0.2, 0.25) is 5.69 Å². The highest BCUT2D eigenvalue weighted by molar-refractivity contribution is 14.1. The summed E-state index contributed by atoms with van der Waals surface area (Å²) < 4.78 is 40.0. The Labute approximate surface area is 115 Å². The van der Waals surface area contributed by atoms with Crippen LogP contribution in [0.15, 0.2) is 6.07 Å². The first-order valence-corrected chi connectivity index (χ1v) is 6.10. The van der Waals surface area contributed by atoms with E-state index < -0.39 is 22.9 Å². The molecule has 17 heavy (non-hydrogen) atoms. The summed E-state index contributed by atoms with van der Waals surface area (Å²) in [7, 11) is 0. The Morgan fingerprint density at radius 2 is 2.18 bits per heavy atom. The lowest BCUT2D eigenvalue weighted by Crippen LogP contribution is -2.19. The lowest BCUT2D eigenvalue weighted by atomic mass is 10.3. The van der Waals surface area contributed by atoms with Gasteiger partial charge in [-0.15, -0.1) is 13.2 Å². The van der Waals surface area contributed by atoms with Crippen LogP contribution in [0.5, 0.6) is 5.75 Å². The van der Waals surface area contributed by atoms with Crippen LogP contribution in [-0.2, 0) is 5.33 Å². The van der Waals surface area contributed by atoms with Crippen molar-refractivity contribution in [3.63, 3.8) is 0 Å². The third kappa shape index (κ3) is 3.94. The topological polar surface area (TPSA) is 65.3 Å². The van der Waals surface area contributed by atoms with Crippen LogP contribution in [0.25, 0.3) is 0 Å². The number of hydrogen-bond donors (Lipinski definition) is 0. The predicted molar refractivity (Wildman–Crippen MR) is 62.9 cm³/mol. The number of nitrogens with zero attached hydrogens (tertiary/aromatic N) is 2. The van der Waals surface area contributed by atoms with Gasteiger partial charge in [0.25, 0.3) is 0 Å². The van der Waals surface area contributed by atoms with E-state index in [4.69, 9.17) is 0 Å². The van der Waals surface area contributed by atoms with Gasteiger partial charge in [0.1, 0.15) is 0 Å². The van der Waals surface area contributed by atoms with Crippen LogP contribution in [-0.4, -0.2) is 16.3 Å². The largest absolute Gasteiger partial charge is 0.573 e. The normalized spacial score (nSPS) is 11.4. The molecule has 1 rings (SSSR count). The van der Waals surface area contributed by atoms with E-state index in [-0.39, 0.29) is 14.6 Å². The van der Waals surface area contributed by atoms with E-state index in [1.807, 2.05) is 0 Å². The molecule has 0 saturated carbocycles. The molecule has 0 radical (unpaired) electrons. The first-order valence-electron chi connectivity index (χ1n) is 3.90. The fourth-order valence-electron chi connectivity index (χ4n) is 0.946. The summed E-state index contributed by atoms with van der Waals surface area (Å²) in [5.41, 5.74) is -0.180. The van der Waals surface area contributed by atoms with Gasteiger partial charge in [-0.1, -0.05) is 15.9 Å². The van der Waals surface area contributed by atoms with Crippen LogP contribution in [0, 0.1) is 13.7 Å². The third-order valence-electron chi connectivity index (χ3n) is 1.52. The molecule has 1 heterocycles. The maximum atomic E-state index is 12.1. The van der Waals surface area contributed by atoms with Crippen molar-refractivity contribution in [2.24, 2.45) is 0 Å². The maximum absolute atomic E-state index is 12.1. The van der Waals surface area contributed by atoms with Gasteiger partial charge in [-0.05, 0) is 32.5 Å². The molecule has 0 saturated heterocycles. The average molecular weight is 427 g/mol. The summed E-state index contributed by atoms with van der Waals surface area (Å²) in [5, 5.41) is 10.4. The smallest absolute Gasteiger partial charge is 0.400 e. The molecule has 0 bridgehead atoms. The summed E-state index contributed by atoms with van der Waals surface area (Å²) in [6.45, 7) is 0. The molecular weight excluding hydrogens is 424 g/mol. The number of nitro groups is 1. The highest BCUT2D eigenvalue weighted by Crippen LogP contribution is 2.33. The van der Waals surface area contributed by atoms with Crippen molar-refractivity contribution in [3.8, 4) is 5.75 Å². The van der Waals surface area contributed by atoms with Gasteiger partial charge in [0.15, 0.2) is 5.75 Å². The molecule has 0 spiro atoms. The van der Waals surface area contributed by atoms with Crippen molar-refractivity contribution in [1.29, 1.82) is 0 Å². The van der Waals surface area contributed by atoms with Crippen molar-refractivity contribution in [2.75, 3.05) is 0 Å². The zero-order chi connectivity index (χ0) is 13.2. The summed E-state index contributed by atoms with van der Waals surface area (Å²) in [5.74, 6) is -1.06. The van der Waals surface area contributed by atoms with Crippen molar-refractivity contribution in [2.45, 2.75) is 11.7 Å². The second-order valence-corrected chi connectivity index (χ2v) is 4.40. The minimum atomic E-state index is -4.87. The fourth-order valence-corrected chi connectivity index (χ4v) is 2.03. The zero-order valence-electron chi connectivity index (χ0n) is 7.79. The SMILES string of the molecule is O=[N+]([O-])c1cc(I)c(OC(F)(F)F)c(CBr)n1. The zero-order valence-corrected chi connectivity index (χ0v) is 11.5. The van der Waals surface area contributed by atoms with Crippen molar-refractivity contribution >= 4 is 44.3 Å². The van der Waals surface area contributed by atoms with Gasteiger partial charge < -0.3 is 14.9 Å². The van der Waals surface area contributed by atoms with E-state index in [0.29, 0.717) is 0 Å². The van der Waals surface area contributed by atoms with Crippen LogP contribution in [0.2, 0.25) is 0 Å². The molecule has 94 valence electrons. The van der Waals surface area contributed by atoms with E-state index in [2.05, 4.69) is 25.7 Å². The summed E-state index contributed by atoms with van der Waals surface area (Å²) in [6.07, 6.45) is -4.87. The van der Waals surface area contributed by atoms with Gasteiger partial charge in [-0.3, -0.25) is 0 Å². The van der Waals surface area contributed by atoms with Crippen molar-refractivity contribution < 1.29 is 22.8 Å². The highest BCUT2D eigenvalue weighted by atomic mass is 127. The Bertz CT molecular complexity index is 455. The fraction of sp³-hybridized carbons (Fsp3) is 0.286. The van der Waals surface area contributed by atoms with Gasteiger partial charge in [0, 0.05) is 0 Å². The molecule has 1 aromatic rings. The molecule has 0 aliphatic rings. The Morgan fingerprint density at radius 1 is 1.59 bits per heavy atom. The van der Waals surface area contributed by atoms with E-state index in [0.717, 1.165) is 6.07 Å². The molecular formula is C7H3BrF3IN2O3. The van der Waals surface area contributed by atoms with Crippen LogP contribution >= 0.6 is 38.5 Å². The van der Waals surface area contributed by atoms with Crippen LogP contribution in [0.3, 0.4) is 0 Å². The summed E-state index contributed by atoms with van der Waals surface area (Å²) in [6, 6.07) is 0.911. The number of aromatic nitrogens is 1. The first-order chi connectivity index (χ1) is 7.74. The van der Waals surface area contributed by atoms with E-state index in [1.165, 1.54) is 22.6 Å². The number of hydrogen-bond acceptors (Lipinski definition) is 4. The Balaban J connectivity index is 3.26. The molecule has 0 atom stereocenters. The second-order valence-electron chi connectivity index (χ2n) is 2.68. The minimum Gasteiger partial charge on any atom is -0.400 e. The average Bonchev–Trinajstić information content (AvgIpc) is 2.18. The quantitative estimate of drug-likeness (QED) is 0.321. The van der Waals surface area contributed by atoms with Crippen LogP contribution in [0.1, 0.15) is 5.69 Å². The third-order valence-corrected chi connectivity index (χ3v) is 2.85. The summed E-state index contributed by atoms with van der Waals surface area (Å²) >= 11 is 4.42. The standard InChI is InChI=1S/C7H3BrF3IN2O3/c8-2-4-6(17-7(9,10)11)3(12)1-5(13-4)14(15)16/h1H,2H2. The Kier molecular flexibility index (Phi) is 4.52. The Morgan fingerprint density at radius 3 is 2.59 bits per heavy atom. The Hall–Kier alpha value is -0.650. The van der Waals surface area contributed by atoms with E-state index in [1.54, 1.807) is 0 Å². The second kappa shape index (κ2) is 5.33. The number of pyridine rings is 1. The minimum absolute atomic E-state index is 0.0314. The molecule has 0 fully saturated rings. The number of ether oxygens (including phenoxy) is 1. The lowest BCUT2D eigenvalue weighted by Gasteiger charge is -2.11. The number of rotatable bonds is 3.